The Kier molecular flexibility index (Phi) is 3.67. The molecule has 3 heterocycles. The van der Waals surface area contributed by atoms with Crippen molar-refractivity contribution in [1.82, 2.24) is 20.4 Å². The van der Waals surface area contributed by atoms with Crippen molar-refractivity contribution in [2.45, 2.75) is 25.7 Å². The van der Waals surface area contributed by atoms with Crippen LogP contribution in [0.3, 0.4) is 0 Å². The lowest BCUT2D eigenvalue weighted by Crippen LogP contribution is -2.55. The first-order valence-corrected chi connectivity index (χ1v) is 8.54. The molecule has 126 valence electrons. The fraction of sp³-hybridized carbons (Fsp3) is 0.750. The van der Waals surface area contributed by atoms with Gasteiger partial charge in [-0.1, -0.05) is 6.92 Å². The molecular formula is C16H25N5O2. The molecule has 1 aliphatic carbocycles. The third kappa shape index (κ3) is 3.15. The van der Waals surface area contributed by atoms with Gasteiger partial charge in [0.1, 0.15) is 0 Å². The second-order valence-corrected chi connectivity index (χ2v) is 7.39. The first kappa shape index (κ1) is 14.8. The van der Waals surface area contributed by atoms with E-state index in [-0.39, 0.29) is 11.4 Å². The summed E-state index contributed by atoms with van der Waals surface area (Å²) in [5.41, 5.74) is 1.38. The van der Waals surface area contributed by atoms with E-state index in [0.717, 1.165) is 45.2 Å². The van der Waals surface area contributed by atoms with Crippen molar-refractivity contribution in [3.05, 3.63) is 11.8 Å². The van der Waals surface area contributed by atoms with Crippen molar-refractivity contribution in [3.8, 4) is 0 Å². The van der Waals surface area contributed by atoms with Crippen molar-refractivity contribution in [2.24, 2.45) is 5.41 Å². The number of piperazine rings is 1. The molecular weight excluding hydrogens is 294 g/mol. The van der Waals surface area contributed by atoms with Crippen molar-refractivity contribution >= 4 is 11.8 Å². The van der Waals surface area contributed by atoms with Gasteiger partial charge in [-0.15, -0.1) is 0 Å². The lowest BCUT2D eigenvalue weighted by molar-refractivity contribution is -0.0978. The first-order chi connectivity index (χ1) is 11.1. The highest BCUT2D eigenvalue weighted by Gasteiger charge is 2.34. The van der Waals surface area contributed by atoms with E-state index in [1.165, 1.54) is 18.5 Å². The summed E-state index contributed by atoms with van der Waals surface area (Å²) in [4.78, 5) is 16.4. The zero-order chi connectivity index (χ0) is 15.9. The Balaban J connectivity index is 1.25. The molecule has 0 spiro atoms. The van der Waals surface area contributed by atoms with Crippen molar-refractivity contribution in [2.75, 3.05) is 50.8 Å². The van der Waals surface area contributed by atoms with Crippen LogP contribution in [0.2, 0.25) is 0 Å². The third-order valence-electron chi connectivity index (χ3n) is 5.06. The van der Waals surface area contributed by atoms with Crippen molar-refractivity contribution in [1.29, 1.82) is 0 Å². The molecule has 3 aliphatic rings. The van der Waals surface area contributed by atoms with E-state index in [9.17, 15) is 4.79 Å². The number of nitrogens with one attached hydrogen (secondary N) is 2. The van der Waals surface area contributed by atoms with Gasteiger partial charge in [-0.05, 0) is 12.8 Å². The molecule has 0 aromatic carbocycles. The van der Waals surface area contributed by atoms with Crippen LogP contribution in [-0.2, 0) is 4.74 Å². The molecule has 7 heteroatoms. The summed E-state index contributed by atoms with van der Waals surface area (Å²) in [5.74, 6) is 1.71. The Hall–Kier alpha value is -1.76. The van der Waals surface area contributed by atoms with Gasteiger partial charge in [0.15, 0.2) is 5.82 Å². The van der Waals surface area contributed by atoms with Crippen LogP contribution in [0.1, 0.15) is 31.4 Å². The minimum Gasteiger partial charge on any atom is -0.380 e. The highest BCUT2D eigenvalue weighted by molar-refractivity contribution is 5.74. The number of carbonyl (C=O) groups excluding carboxylic acids is 1. The summed E-state index contributed by atoms with van der Waals surface area (Å²) >= 11 is 0. The van der Waals surface area contributed by atoms with Crippen LogP contribution in [0.25, 0.3) is 0 Å². The van der Waals surface area contributed by atoms with Crippen LogP contribution in [0.15, 0.2) is 6.07 Å². The minimum atomic E-state index is 0.0403. The zero-order valence-electron chi connectivity index (χ0n) is 13.7. The molecule has 0 atom stereocenters. The number of H-pyrrole nitrogens is 1. The molecule has 4 rings (SSSR count). The molecule has 0 bridgehead atoms. The molecule has 1 saturated carbocycles. The van der Waals surface area contributed by atoms with E-state index in [1.807, 2.05) is 4.90 Å². The molecule has 1 aromatic rings. The number of amides is 2. The summed E-state index contributed by atoms with van der Waals surface area (Å²) in [7, 11) is 0. The zero-order valence-corrected chi connectivity index (χ0v) is 13.7. The van der Waals surface area contributed by atoms with Gasteiger partial charge in [0.25, 0.3) is 0 Å². The minimum absolute atomic E-state index is 0.0403. The van der Waals surface area contributed by atoms with Crippen LogP contribution in [0.4, 0.5) is 10.6 Å². The average molecular weight is 319 g/mol. The summed E-state index contributed by atoms with van der Waals surface area (Å²) in [5, 5.41) is 10.6. The van der Waals surface area contributed by atoms with Crippen LogP contribution in [0.5, 0.6) is 0 Å². The highest BCUT2D eigenvalue weighted by Crippen LogP contribution is 2.39. The molecule has 2 amide bonds. The Morgan fingerprint density at radius 3 is 2.74 bits per heavy atom. The molecule has 2 saturated heterocycles. The lowest BCUT2D eigenvalue weighted by atomic mass is 9.89. The number of anilines is 1. The van der Waals surface area contributed by atoms with Crippen LogP contribution in [-0.4, -0.2) is 67.1 Å². The van der Waals surface area contributed by atoms with E-state index in [0.29, 0.717) is 12.5 Å². The van der Waals surface area contributed by atoms with Gasteiger partial charge in [-0.3, -0.25) is 5.10 Å². The molecule has 2 N–H and O–H groups in total. The number of hydrogen-bond donors (Lipinski definition) is 2. The van der Waals surface area contributed by atoms with E-state index < -0.39 is 0 Å². The number of hydrogen-bond acceptors (Lipinski definition) is 4. The Labute approximate surface area is 136 Å². The van der Waals surface area contributed by atoms with Gasteiger partial charge in [0, 0.05) is 55.8 Å². The highest BCUT2D eigenvalue weighted by atomic mass is 16.5. The summed E-state index contributed by atoms with van der Waals surface area (Å²) in [6, 6.07) is 2.21. The lowest BCUT2D eigenvalue weighted by Gasteiger charge is -2.39. The van der Waals surface area contributed by atoms with Crippen LogP contribution in [0, 0.1) is 5.41 Å². The Bertz CT molecular complexity index is 571. The SMILES string of the molecule is CC1(CNC(=O)N2CCN(c3cc(C4CC4)[nH]n3)CC2)COC1. The standard InChI is InChI=1S/C16H25N5O2/c1-16(10-23-11-16)9-17-15(22)21-6-4-20(5-7-21)14-8-13(18-19-14)12-2-3-12/h8,12H,2-7,9-11H2,1H3,(H,17,22)(H,18,19). The van der Waals surface area contributed by atoms with Crippen LogP contribution >= 0.6 is 0 Å². The molecule has 0 radical (unpaired) electrons. The molecule has 3 fully saturated rings. The number of ether oxygens (including phenoxy) is 1. The van der Waals surface area contributed by atoms with Crippen molar-refractivity contribution in [3.63, 3.8) is 0 Å². The van der Waals surface area contributed by atoms with E-state index >= 15 is 0 Å². The molecule has 0 unspecified atom stereocenters. The summed E-state index contributed by atoms with van der Waals surface area (Å²) < 4.78 is 5.22. The third-order valence-corrected chi connectivity index (χ3v) is 5.06. The topological polar surface area (TPSA) is 73.5 Å². The van der Waals surface area contributed by atoms with Crippen LogP contribution < -0.4 is 10.2 Å². The van der Waals surface area contributed by atoms with Gasteiger partial charge in [-0.25, -0.2) is 4.79 Å². The number of rotatable bonds is 4. The molecule has 23 heavy (non-hydrogen) atoms. The van der Waals surface area contributed by atoms with E-state index in [1.54, 1.807) is 0 Å². The smallest absolute Gasteiger partial charge is 0.317 e. The van der Waals surface area contributed by atoms with Gasteiger partial charge >= 0.3 is 6.03 Å². The molecule has 1 aromatic heterocycles. The van der Waals surface area contributed by atoms with E-state index in [4.69, 9.17) is 4.74 Å². The average Bonchev–Trinajstić information content (AvgIpc) is 3.28. The molecule has 7 nitrogen and oxygen atoms in total. The second kappa shape index (κ2) is 5.70. The van der Waals surface area contributed by atoms with Gasteiger partial charge in [0.2, 0.25) is 0 Å². The quantitative estimate of drug-likeness (QED) is 0.873. The predicted octanol–water partition coefficient (Wildman–Crippen LogP) is 1.16. The normalized spacial score (nSPS) is 23.5. The number of aromatic amines is 1. The Morgan fingerprint density at radius 2 is 2.13 bits per heavy atom. The second-order valence-electron chi connectivity index (χ2n) is 7.39. The first-order valence-electron chi connectivity index (χ1n) is 8.54. The maximum atomic E-state index is 12.3. The van der Waals surface area contributed by atoms with Gasteiger partial charge in [0.05, 0.1) is 13.2 Å². The fourth-order valence-electron chi connectivity index (χ4n) is 3.18. The summed E-state index contributed by atoms with van der Waals surface area (Å²) in [6.07, 6.45) is 2.55. The predicted molar refractivity (Wildman–Crippen MR) is 86.7 cm³/mol. The maximum absolute atomic E-state index is 12.3. The van der Waals surface area contributed by atoms with Gasteiger partial charge in [-0.2, -0.15) is 5.10 Å². The number of urea groups is 1. The number of carbonyl (C=O) groups is 1. The van der Waals surface area contributed by atoms with Gasteiger partial charge < -0.3 is 19.9 Å². The maximum Gasteiger partial charge on any atom is 0.317 e. The fourth-order valence-corrected chi connectivity index (χ4v) is 3.18. The number of aromatic nitrogens is 2. The molecule has 2 aliphatic heterocycles. The number of nitrogens with zero attached hydrogens (tertiary/aromatic N) is 3. The summed E-state index contributed by atoms with van der Waals surface area (Å²) in [6.45, 7) is 7.47. The monoisotopic (exact) mass is 319 g/mol. The largest absolute Gasteiger partial charge is 0.380 e. The van der Waals surface area contributed by atoms with E-state index in [2.05, 4.69) is 33.4 Å². The van der Waals surface area contributed by atoms with Crippen molar-refractivity contribution < 1.29 is 9.53 Å². The Morgan fingerprint density at radius 1 is 1.39 bits per heavy atom.